The summed E-state index contributed by atoms with van der Waals surface area (Å²) in [7, 11) is -0.928. The van der Waals surface area contributed by atoms with Gasteiger partial charge in [0.05, 0.1) is 16.0 Å². The highest BCUT2D eigenvalue weighted by Crippen LogP contribution is 2.28. The molecule has 1 aromatic carbocycles. The van der Waals surface area contributed by atoms with Crippen LogP contribution in [0.5, 0.6) is 0 Å². The highest BCUT2D eigenvalue weighted by Gasteiger charge is 2.27. The third kappa shape index (κ3) is 2.77. The fourth-order valence-corrected chi connectivity index (χ4v) is 5.06. The van der Waals surface area contributed by atoms with Crippen LogP contribution in [0.2, 0.25) is 0 Å². The van der Waals surface area contributed by atoms with E-state index in [0.717, 1.165) is 24.2 Å². The Morgan fingerprint density at radius 1 is 1.00 bits per heavy atom. The third-order valence-corrected chi connectivity index (χ3v) is 6.43. The first-order valence-corrected chi connectivity index (χ1v) is 8.75. The van der Waals surface area contributed by atoms with Crippen LogP contribution < -0.4 is 5.73 Å². The summed E-state index contributed by atoms with van der Waals surface area (Å²) < 4.78 is 12.8. The van der Waals surface area contributed by atoms with Gasteiger partial charge in [0.1, 0.15) is 0 Å². The first-order valence-electron chi connectivity index (χ1n) is 7.53. The minimum atomic E-state index is -0.928. The standard InChI is InChI=1S/C16H23NOS/c17-15-7-2-1-3-8-16(15)19(18)14-10-9-12-5-4-6-13(12)11-14/h9-11,15-16H,1-8,17H2. The maximum atomic E-state index is 12.8. The SMILES string of the molecule is NC1CCCCCC1S(=O)c1ccc2c(c1)CCC2. The first kappa shape index (κ1) is 13.3. The van der Waals surface area contributed by atoms with E-state index in [2.05, 4.69) is 18.2 Å². The zero-order valence-corrected chi connectivity index (χ0v) is 12.3. The molecule has 2 nitrogen and oxygen atoms in total. The Balaban J connectivity index is 1.82. The van der Waals surface area contributed by atoms with E-state index in [1.165, 1.54) is 43.2 Å². The quantitative estimate of drug-likeness (QED) is 0.845. The zero-order chi connectivity index (χ0) is 13.2. The molecule has 0 heterocycles. The number of hydrogen-bond acceptors (Lipinski definition) is 2. The molecule has 0 amide bonds. The van der Waals surface area contributed by atoms with Crippen LogP contribution in [0.3, 0.4) is 0 Å². The van der Waals surface area contributed by atoms with Gasteiger partial charge >= 0.3 is 0 Å². The molecule has 1 fully saturated rings. The fourth-order valence-electron chi connectivity index (χ4n) is 3.42. The number of aryl methyl sites for hydroxylation is 2. The summed E-state index contributed by atoms with van der Waals surface area (Å²) in [5, 5.41) is 0.155. The van der Waals surface area contributed by atoms with Gasteiger partial charge in [-0.15, -0.1) is 0 Å². The van der Waals surface area contributed by atoms with Crippen molar-refractivity contribution in [1.82, 2.24) is 0 Å². The number of nitrogens with two attached hydrogens (primary N) is 1. The number of benzene rings is 1. The van der Waals surface area contributed by atoms with Gasteiger partial charge in [0.2, 0.25) is 0 Å². The number of hydrogen-bond donors (Lipinski definition) is 1. The van der Waals surface area contributed by atoms with Crippen molar-refractivity contribution in [3.63, 3.8) is 0 Å². The monoisotopic (exact) mass is 277 g/mol. The van der Waals surface area contributed by atoms with Crippen LogP contribution in [0.1, 0.15) is 49.7 Å². The summed E-state index contributed by atoms with van der Waals surface area (Å²) in [6.45, 7) is 0. The molecule has 3 unspecified atom stereocenters. The molecule has 0 radical (unpaired) electrons. The molecule has 2 N–H and O–H groups in total. The smallest absolute Gasteiger partial charge is 0.0576 e. The van der Waals surface area contributed by atoms with Crippen LogP contribution in [-0.4, -0.2) is 15.5 Å². The highest BCUT2D eigenvalue weighted by atomic mass is 32.2. The molecular formula is C16H23NOS. The molecule has 0 bridgehead atoms. The molecule has 1 saturated carbocycles. The molecule has 0 saturated heterocycles. The van der Waals surface area contributed by atoms with Gasteiger partial charge in [-0.2, -0.15) is 0 Å². The summed E-state index contributed by atoms with van der Waals surface area (Å²) in [5.41, 5.74) is 9.10. The van der Waals surface area contributed by atoms with Crippen molar-refractivity contribution in [2.24, 2.45) is 5.73 Å². The first-order chi connectivity index (χ1) is 9.25. The second-order valence-corrected chi connectivity index (χ2v) is 7.59. The fraction of sp³-hybridized carbons (Fsp3) is 0.625. The van der Waals surface area contributed by atoms with Gasteiger partial charge in [0.25, 0.3) is 0 Å². The van der Waals surface area contributed by atoms with Crippen LogP contribution in [0.15, 0.2) is 23.1 Å². The second kappa shape index (κ2) is 5.76. The summed E-state index contributed by atoms with van der Waals surface area (Å²) in [6, 6.07) is 6.53. The molecule has 104 valence electrons. The zero-order valence-electron chi connectivity index (χ0n) is 11.4. The summed E-state index contributed by atoms with van der Waals surface area (Å²) in [4.78, 5) is 1.00. The predicted octanol–water partition coefficient (Wildman–Crippen LogP) is 2.94. The van der Waals surface area contributed by atoms with Crippen molar-refractivity contribution >= 4 is 10.8 Å². The molecule has 1 aromatic rings. The van der Waals surface area contributed by atoms with Crippen molar-refractivity contribution in [2.75, 3.05) is 0 Å². The van der Waals surface area contributed by atoms with Crippen molar-refractivity contribution in [3.8, 4) is 0 Å². The van der Waals surface area contributed by atoms with Crippen LogP contribution in [0.4, 0.5) is 0 Å². The van der Waals surface area contributed by atoms with E-state index in [1.54, 1.807) is 0 Å². The lowest BCUT2D eigenvalue weighted by Gasteiger charge is -2.21. The molecule has 3 rings (SSSR count). The van der Waals surface area contributed by atoms with Crippen molar-refractivity contribution in [2.45, 2.75) is 67.6 Å². The third-order valence-electron chi connectivity index (χ3n) is 4.58. The van der Waals surface area contributed by atoms with Gasteiger partial charge < -0.3 is 5.73 Å². The average molecular weight is 277 g/mol. The van der Waals surface area contributed by atoms with E-state index < -0.39 is 10.8 Å². The van der Waals surface area contributed by atoms with Gasteiger partial charge in [-0.05, 0) is 55.4 Å². The molecule has 0 spiro atoms. The molecule has 3 heteroatoms. The Hall–Kier alpha value is -0.670. The highest BCUT2D eigenvalue weighted by molar-refractivity contribution is 7.85. The van der Waals surface area contributed by atoms with Gasteiger partial charge in [-0.3, -0.25) is 4.21 Å². The van der Waals surface area contributed by atoms with Gasteiger partial charge in [0, 0.05) is 10.9 Å². The van der Waals surface area contributed by atoms with E-state index in [-0.39, 0.29) is 11.3 Å². The lowest BCUT2D eigenvalue weighted by molar-refractivity contribution is 0.575. The minimum absolute atomic E-state index is 0.108. The molecule has 0 aromatic heterocycles. The molecule has 0 aliphatic heterocycles. The average Bonchev–Trinajstić information content (AvgIpc) is 2.79. The molecular weight excluding hydrogens is 254 g/mol. The van der Waals surface area contributed by atoms with Crippen LogP contribution >= 0.6 is 0 Å². The molecule has 2 aliphatic carbocycles. The Morgan fingerprint density at radius 2 is 1.79 bits per heavy atom. The van der Waals surface area contributed by atoms with E-state index in [9.17, 15) is 4.21 Å². The minimum Gasteiger partial charge on any atom is -0.327 e. The summed E-state index contributed by atoms with van der Waals surface area (Å²) in [6.07, 6.45) is 9.24. The van der Waals surface area contributed by atoms with Crippen molar-refractivity contribution in [1.29, 1.82) is 0 Å². The van der Waals surface area contributed by atoms with Crippen molar-refractivity contribution < 1.29 is 4.21 Å². The molecule has 19 heavy (non-hydrogen) atoms. The molecule has 2 aliphatic rings. The van der Waals surface area contributed by atoms with Crippen LogP contribution in [0, 0.1) is 0 Å². The molecule has 3 atom stereocenters. The maximum absolute atomic E-state index is 12.8. The van der Waals surface area contributed by atoms with Gasteiger partial charge in [0.15, 0.2) is 0 Å². The number of fused-ring (bicyclic) bond motifs is 1. The Morgan fingerprint density at radius 3 is 2.68 bits per heavy atom. The topological polar surface area (TPSA) is 43.1 Å². The van der Waals surface area contributed by atoms with Crippen molar-refractivity contribution in [3.05, 3.63) is 29.3 Å². The lowest BCUT2D eigenvalue weighted by atomic mass is 10.1. The maximum Gasteiger partial charge on any atom is 0.0576 e. The Bertz CT molecular complexity index is 486. The van der Waals surface area contributed by atoms with E-state index in [1.807, 2.05) is 0 Å². The largest absolute Gasteiger partial charge is 0.327 e. The predicted molar refractivity (Wildman–Crippen MR) is 79.7 cm³/mol. The Labute approximate surface area is 118 Å². The summed E-state index contributed by atoms with van der Waals surface area (Å²) in [5.74, 6) is 0. The Kier molecular flexibility index (Phi) is 4.04. The van der Waals surface area contributed by atoms with Crippen LogP contribution in [-0.2, 0) is 23.6 Å². The number of rotatable bonds is 2. The second-order valence-electron chi connectivity index (χ2n) is 5.92. The van der Waals surface area contributed by atoms with E-state index in [0.29, 0.717) is 0 Å². The van der Waals surface area contributed by atoms with E-state index >= 15 is 0 Å². The summed E-state index contributed by atoms with van der Waals surface area (Å²) >= 11 is 0. The van der Waals surface area contributed by atoms with Gasteiger partial charge in [-0.25, -0.2) is 0 Å². The normalized spacial score (nSPS) is 28.7. The van der Waals surface area contributed by atoms with Gasteiger partial charge in [-0.1, -0.05) is 25.3 Å². The van der Waals surface area contributed by atoms with Crippen LogP contribution in [0.25, 0.3) is 0 Å². The lowest BCUT2D eigenvalue weighted by Crippen LogP contribution is -2.36. The van der Waals surface area contributed by atoms with E-state index in [4.69, 9.17) is 5.73 Å².